The normalized spacial score (nSPS) is 16.3. The van der Waals surface area contributed by atoms with E-state index in [9.17, 15) is 38.4 Å². The van der Waals surface area contributed by atoms with Crippen LogP contribution >= 0.6 is 0 Å². The fourth-order valence-electron chi connectivity index (χ4n) is 11.6. The largest absolute Gasteiger partial charge is 0.467 e. The molecule has 0 bridgehead atoms. The topological polar surface area (TPSA) is 244 Å². The second kappa shape index (κ2) is 39.4. The van der Waals surface area contributed by atoms with Crippen LogP contribution in [-0.4, -0.2) is 197 Å². The molecule has 4 rings (SSSR count). The Morgan fingerprint density at radius 1 is 0.652 bits per heavy atom. The predicted octanol–water partition coefficient (Wildman–Crippen LogP) is 5.96. The van der Waals surface area contributed by atoms with E-state index < -0.39 is 78.1 Å². The number of hydrogen-bond acceptors (Lipinski definition) is 14. The van der Waals surface area contributed by atoms with Crippen LogP contribution in [0.25, 0.3) is 0 Å². The van der Waals surface area contributed by atoms with E-state index in [1.54, 1.807) is 37.7 Å². The van der Waals surface area contributed by atoms with Crippen molar-refractivity contribution in [3.05, 3.63) is 108 Å². The van der Waals surface area contributed by atoms with Gasteiger partial charge in [0.1, 0.15) is 24.2 Å². The molecule has 0 aliphatic carbocycles. The number of rotatable bonds is 40. The molecule has 1 fully saturated rings. The Hall–Kier alpha value is -6.78. The summed E-state index contributed by atoms with van der Waals surface area (Å²) in [5, 5.41) is 11.3. The molecule has 494 valence electrons. The van der Waals surface area contributed by atoms with E-state index >= 15 is 0 Å². The van der Waals surface area contributed by atoms with Gasteiger partial charge in [0, 0.05) is 80.3 Å². The first-order valence-electron chi connectivity index (χ1n) is 31.7. The van der Waals surface area contributed by atoms with Crippen LogP contribution in [0.4, 0.5) is 0 Å². The fourth-order valence-corrected chi connectivity index (χ4v) is 11.6. The van der Waals surface area contributed by atoms with Crippen LogP contribution in [0.3, 0.4) is 0 Å². The van der Waals surface area contributed by atoms with Crippen molar-refractivity contribution in [1.82, 2.24) is 40.9 Å². The number of ether oxygens (including phenoxy) is 5. The first-order valence-corrected chi connectivity index (χ1v) is 31.7. The van der Waals surface area contributed by atoms with Gasteiger partial charge in [-0.3, -0.25) is 38.5 Å². The number of hydrogen-bond donors (Lipinski definition) is 4. The van der Waals surface area contributed by atoms with Gasteiger partial charge in [-0.1, -0.05) is 146 Å². The highest BCUT2D eigenvalue weighted by molar-refractivity contribution is 5.93. The molecule has 4 N–H and O–H groups in total. The molecule has 7 amide bonds. The van der Waals surface area contributed by atoms with Gasteiger partial charge in [-0.2, -0.15) is 0 Å². The lowest BCUT2D eigenvalue weighted by Gasteiger charge is -2.41. The second-order valence-corrected chi connectivity index (χ2v) is 24.1. The minimum Gasteiger partial charge on any atom is -0.467 e. The quantitative estimate of drug-likeness (QED) is 0.0380. The second-order valence-electron chi connectivity index (χ2n) is 24.1. The number of carbonyl (C=O) groups is 8. The fraction of sp³-hybridized carbons (Fsp3) is 0.618. The summed E-state index contributed by atoms with van der Waals surface area (Å²) >= 11 is 0. The first kappa shape index (κ1) is 74.7. The highest BCUT2D eigenvalue weighted by atomic mass is 16.5. The summed E-state index contributed by atoms with van der Waals surface area (Å²) in [6.07, 6.45) is 0.905. The monoisotopic (exact) mass is 1240 g/mol. The van der Waals surface area contributed by atoms with Crippen LogP contribution < -0.4 is 21.3 Å². The van der Waals surface area contributed by atoms with Crippen molar-refractivity contribution in [2.45, 2.75) is 168 Å². The summed E-state index contributed by atoms with van der Waals surface area (Å²) in [5.74, 6) is -4.84. The molecule has 0 radical (unpaired) electrons. The molecule has 3 aromatic carbocycles. The Bertz CT molecular complexity index is 2590. The van der Waals surface area contributed by atoms with Crippen molar-refractivity contribution in [3.63, 3.8) is 0 Å². The molecule has 21 nitrogen and oxygen atoms in total. The number of nitrogens with zero attached hydrogens (tertiary/aromatic N) is 4. The summed E-state index contributed by atoms with van der Waals surface area (Å²) in [6, 6.07) is 25.2. The zero-order valence-corrected chi connectivity index (χ0v) is 55.2. The lowest BCUT2D eigenvalue weighted by atomic mass is 9.89. The van der Waals surface area contributed by atoms with Gasteiger partial charge in [-0.25, -0.2) is 4.79 Å². The summed E-state index contributed by atoms with van der Waals surface area (Å²) in [5.41, 5.74) is 3.30. The van der Waals surface area contributed by atoms with Gasteiger partial charge in [0.15, 0.2) is 0 Å². The highest BCUT2D eigenvalue weighted by Gasteiger charge is 2.44. The Morgan fingerprint density at radius 2 is 1.24 bits per heavy atom. The molecule has 0 saturated carbocycles. The van der Waals surface area contributed by atoms with Gasteiger partial charge in [-0.15, -0.1) is 0 Å². The number of carbonyl (C=O) groups excluding carboxylic acids is 8. The zero-order chi connectivity index (χ0) is 65.6. The third-order valence-corrected chi connectivity index (χ3v) is 16.8. The van der Waals surface area contributed by atoms with Gasteiger partial charge in [0.25, 0.3) is 0 Å². The van der Waals surface area contributed by atoms with Gasteiger partial charge >= 0.3 is 5.97 Å². The number of amides is 7. The molecule has 1 unspecified atom stereocenters. The summed E-state index contributed by atoms with van der Waals surface area (Å²) in [7, 11) is 7.49. The maximum Gasteiger partial charge on any atom is 0.328 e. The smallest absolute Gasteiger partial charge is 0.328 e. The number of likely N-dealkylation sites (N-methyl/N-ethyl adjacent to an activating group) is 2. The van der Waals surface area contributed by atoms with E-state index in [0.29, 0.717) is 45.6 Å². The molecule has 10 atom stereocenters. The molecular formula is C68H104N8O13. The number of esters is 1. The van der Waals surface area contributed by atoms with Gasteiger partial charge < -0.3 is 59.7 Å². The standard InChI is InChI=1S/C68H104N8O13/c1-14-48(6)62(56(85-11)43-59(79)76-36-25-32-55(76)63(86-12)49(7)64(80)71-54(68(84)87-13)42-51-26-18-15-19-27-51)74(10)67(83)60(46(2)3)72-66(82)61(47(4)5)73(9)58(78)33-24-35-69-65(81)50(8)70-57(77)34-38-88-40-41-89-39-37-75(44-52-28-20-16-21-29-52)45-53-30-22-17-23-31-53/h15-23,26-31,46-50,54-56,60-63H,14,24-25,32-45H2,1-13H3,(H,69,81)(H,70,77)(H,71,80)(H,72,82)/t48-,49+,50?,54-,55-,56+,60-,61-,62-,63+/m0/s1. The van der Waals surface area contributed by atoms with Crippen LogP contribution in [0, 0.1) is 23.7 Å². The van der Waals surface area contributed by atoms with Crippen molar-refractivity contribution < 1.29 is 62.0 Å². The maximum atomic E-state index is 14.8. The van der Waals surface area contributed by atoms with E-state index in [4.69, 9.17) is 23.7 Å². The van der Waals surface area contributed by atoms with E-state index in [2.05, 4.69) is 50.4 Å². The number of likely N-dealkylation sites (tertiary alicyclic amines) is 1. The number of methoxy groups -OCH3 is 3. The van der Waals surface area contributed by atoms with Crippen molar-refractivity contribution >= 4 is 47.3 Å². The van der Waals surface area contributed by atoms with Gasteiger partial charge in [0.2, 0.25) is 41.4 Å². The molecule has 0 spiro atoms. The predicted molar refractivity (Wildman–Crippen MR) is 341 cm³/mol. The van der Waals surface area contributed by atoms with Crippen molar-refractivity contribution in [1.29, 1.82) is 0 Å². The van der Waals surface area contributed by atoms with E-state index in [1.807, 2.05) is 108 Å². The third-order valence-electron chi connectivity index (χ3n) is 16.8. The lowest BCUT2D eigenvalue weighted by Crippen LogP contribution is -2.60. The zero-order valence-electron chi connectivity index (χ0n) is 55.2. The Morgan fingerprint density at radius 3 is 1.78 bits per heavy atom. The Kier molecular flexibility index (Phi) is 33.0. The molecule has 0 aromatic heterocycles. The maximum absolute atomic E-state index is 14.8. The van der Waals surface area contributed by atoms with E-state index in [1.165, 1.54) is 37.4 Å². The molecular weight excluding hydrogens is 1140 g/mol. The van der Waals surface area contributed by atoms with Crippen molar-refractivity contribution in [2.24, 2.45) is 23.7 Å². The average molecular weight is 1240 g/mol. The molecule has 1 heterocycles. The number of nitrogens with one attached hydrogen (secondary N) is 4. The SMILES string of the molecule is CC[C@H](C)[C@@H]([C@@H](CC(=O)N1CCC[C@H]1[C@H](OC)[C@@H](C)C(=O)N[C@@H](Cc1ccccc1)C(=O)OC)OC)N(C)C(=O)[C@@H](NC(=O)[C@H](C(C)C)N(C)C(=O)CCCNC(=O)C(C)NC(=O)CCOCCOCCN(Cc1ccccc1)Cc1ccccc1)C(C)C. The average Bonchev–Trinajstić information content (AvgIpc) is 2.23. The Labute approximate surface area is 529 Å². The van der Waals surface area contributed by atoms with Gasteiger partial charge in [-0.05, 0) is 60.6 Å². The first-order chi connectivity index (χ1) is 42.6. The van der Waals surface area contributed by atoms with E-state index in [0.717, 1.165) is 25.2 Å². The Balaban J connectivity index is 1.24. The van der Waals surface area contributed by atoms with Crippen LogP contribution in [0.1, 0.15) is 117 Å². The molecule has 1 aliphatic rings. The molecule has 1 saturated heterocycles. The summed E-state index contributed by atoms with van der Waals surface area (Å²) in [6.45, 7) is 18.9. The number of benzene rings is 3. The summed E-state index contributed by atoms with van der Waals surface area (Å²) < 4.78 is 28.6. The minimum atomic E-state index is -1.00. The lowest BCUT2D eigenvalue weighted by molar-refractivity contribution is -0.149. The van der Waals surface area contributed by atoms with E-state index in [-0.39, 0.29) is 86.6 Å². The van der Waals surface area contributed by atoms with Crippen LogP contribution in [-0.2, 0) is 81.6 Å². The third kappa shape index (κ3) is 24.2. The van der Waals surface area contributed by atoms with Crippen molar-refractivity contribution in [3.8, 4) is 0 Å². The molecule has 1 aliphatic heterocycles. The molecule has 89 heavy (non-hydrogen) atoms. The van der Waals surface area contributed by atoms with Crippen molar-refractivity contribution in [2.75, 3.05) is 81.5 Å². The molecule has 3 aromatic rings. The van der Waals surface area contributed by atoms with Crippen LogP contribution in [0.5, 0.6) is 0 Å². The van der Waals surface area contributed by atoms with Crippen LogP contribution in [0.2, 0.25) is 0 Å². The van der Waals surface area contributed by atoms with Crippen LogP contribution in [0.15, 0.2) is 91.0 Å². The highest BCUT2D eigenvalue weighted by Crippen LogP contribution is 2.30. The minimum absolute atomic E-state index is 0.0169. The summed E-state index contributed by atoms with van der Waals surface area (Å²) in [4.78, 5) is 117. The van der Waals surface area contributed by atoms with Gasteiger partial charge in [0.05, 0.1) is 70.2 Å². The molecule has 21 heteroatoms.